The van der Waals surface area contributed by atoms with Gasteiger partial charge in [0.25, 0.3) is 5.91 Å². The molecule has 4 rings (SSSR count). The number of carbonyl (C=O) groups is 2. The van der Waals surface area contributed by atoms with Crippen LogP contribution < -0.4 is 15.5 Å². The lowest BCUT2D eigenvalue weighted by atomic mass is 10.0. The van der Waals surface area contributed by atoms with E-state index in [-0.39, 0.29) is 18.4 Å². The highest BCUT2D eigenvalue weighted by atomic mass is 16.2. The van der Waals surface area contributed by atoms with Crippen LogP contribution in [0.4, 0.5) is 11.4 Å². The van der Waals surface area contributed by atoms with Crippen LogP contribution in [0.3, 0.4) is 0 Å². The van der Waals surface area contributed by atoms with Crippen LogP contribution in [0.25, 0.3) is 22.3 Å². The zero-order valence-electron chi connectivity index (χ0n) is 19.5. The van der Waals surface area contributed by atoms with Crippen molar-refractivity contribution in [2.45, 2.75) is 13.3 Å². The molecule has 0 unspecified atom stereocenters. The van der Waals surface area contributed by atoms with Gasteiger partial charge in [-0.25, -0.2) is 4.98 Å². The molecule has 0 saturated carbocycles. The van der Waals surface area contributed by atoms with Crippen molar-refractivity contribution in [2.24, 2.45) is 0 Å². The molecule has 172 valence electrons. The summed E-state index contributed by atoms with van der Waals surface area (Å²) in [7, 11) is 3.87. The molecule has 34 heavy (non-hydrogen) atoms. The number of para-hydroxylation sites is 2. The Hall–Kier alpha value is -4.26. The van der Waals surface area contributed by atoms with Gasteiger partial charge in [0, 0.05) is 36.6 Å². The first kappa shape index (κ1) is 22.9. The van der Waals surface area contributed by atoms with Gasteiger partial charge in [-0.1, -0.05) is 31.2 Å². The van der Waals surface area contributed by atoms with Gasteiger partial charge >= 0.3 is 0 Å². The van der Waals surface area contributed by atoms with Crippen LogP contribution in [0.1, 0.15) is 22.8 Å². The maximum atomic E-state index is 12.6. The van der Waals surface area contributed by atoms with E-state index in [2.05, 4.69) is 15.6 Å². The molecule has 2 amide bonds. The van der Waals surface area contributed by atoms with E-state index in [1.54, 1.807) is 18.3 Å². The van der Waals surface area contributed by atoms with Gasteiger partial charge in [-0.15, -0.1) is 0 Å². The lowest BCUT2D eigenvalue weighted by Crippen LogP contribution is -2.33. The van der Waals surface area contributed by atoms with Crippen molar-refractivity contribution in [1.29, 1.82) is 0 Å². The fourth-order valence-electron chi connectivity index (χ4n) is 3.62. The van der Waals surface area contributed by atoms with Crippen LogP contribution in [-0.2, 0) is 11.2 Å². The smallest absolute Gasteiger partial charge is 0.251 e. The molecule has 4 aromatic rings. The number of carbonyl (C=O) groups excluding carboxylic acids is 2. The lowest BCUT2D eigenvalue weighted by Gasteiger charge is -2.14. The highest BCUT2D eigenvalue weighted by molar-refractivity contribution is 6.00. The molecular formula is C27H27N5O2. The van der Waals surface area contributed by atoms with Gasteiger partial charge in [0.1, 0.15) is 0 Å². The van der Waals surface area contributed by atoms with Crippen LogP contribution >= 0.6 is 0 Å². The average Bonchev–Trinajstić information content (AvgIpc) is 2.87. The Morgan fingerprint density at radius 3 is 2.38 bits per heavy atom. The number of hydrogen-bond acceptors (Lipinski definition) is 5. The van der Waals surface area contributed by atoms with E-state index in [1.165, 1.54) is 0 Å². The van der Waals surface area contributed by atoms with Gasteiger partial charge in [0.2, 0.25) is 5.91 Å². The summed E-state index contributed by atoms with van der Waals surface area (Å²) in [5.74, 6) is -0.592. The normalized spacial score (nSPS) is 10.7. The molecule has 2 N–H and O–H groups in total. The standard InChI is InChI=1S/C27H27N5O2/c1-4-18-9-10-20(25-16-28-22-7-5-6-8-23(22)30-25)15-24(18)31-26(33)17-29-27(34)19-11-13-21(14-12-19)32(2)3/h5-16H,4,17H2,1-3H3,(H,29,34)(H,31,33). The van der Waals surface area contributed by atoms with Crippen molar-refractivity contribution in [3.63, 3.8) is 0 Å². The summed E-state index contributed by atoms with van der Waals surface area (Å²) in [5, 5.41) is 5.62. The third kappa shape index (κ3) is 5.20. The molecule has 0 radical (unpaired) electrons. The van der Waals surface area contributed by atoms with Gasteiger partial charge in [0.15, 0.2) is 0 Å². The van der Waals surface area contributed by atoms with E-state index < -0.39 is 0 Å². The molecule has 7 nitrogen and oxygen atoms in total. The molecule has 0 saturated heterocycles. The summed E-state index contributed by atoms with van der Waals surface area (Å²) < 4.78 is 0. The summed E-state index contributed by atoms with van der Waals surface area (Å²) in [6.07, 6.45) is 2.49. The Morgan fingerprint density at radius 2 is 1.68 bits per heavy atom. The maximum Gasteiger partial charge on any atom is 0.251 e. The number of amides is 2. The fraction of sp³-hybridized carbons (Fsp3) is 0.185. The van der Waals surface area contributed by atoms with Crippen LogP contribution in [0.15, 0.2) is 72.9 Å². The van der Waals surface area contributed by atoms with Crippen molar-refractivity contribution < 1.29 is 9.59 Å². The molecule has 0 fully saturated rings. The molecule has 0 aliphatic rings. The van der Waals surface area contributed by atoms with Gasteiger partial charge in [0.05, 0.1) is 29.5 Å². The summed E-state index contributed by atoms with van der Waals surface area (Å²) in [6.45, 7) is 1.90. The fourth-order valence-corrected chi connectivity index (χ4v) is 3.62. The van der Waals surface area contributed by atoms with Crippen LogP contribution in [0, 0.1) is 0 Å². The van der Waals surface area contributed by atoms with Gasteiger partial charge in [-0.2, -0.15) is 0 Å². The highest BCUT2D eigenvalue weighted by Crippen LogP contribution is 2.26. The summed E-state index contributed by atoms with van der Waals surface area (Å²) in [4.78, 5) is 36.2. The Morgan fingerprint density at radius 1 is 0.941 bits per heavy atom. The van der Waals surface area contributed by atoms with E-state index in [4.69, 9.17) is 4.98 Å². The maximum absolute atomic E-state index is 12.6. The molecule has 3 aromatic carbocycles. The number of hydrogen-bond donors (Lipinski definition) is 2. The summed E-state index contributed by atoms with van der Waals surface area (Å²) >= 11 is 0. The second-order valence-corrected chi connectivity index (χ2v) is 8.14. The average molecular weight is 454 g/mol. The first-order valence-electron chi connectivity index (χ1n) is 11.1. The number of rotatable bonds is 7. The SMILES string of the molecule is CCc1ccc(-c2cnc3ccccc3n2)cc1NC(=O)CNC(=O)c1ccc(N(C)C)cc1. The van der Waals surface area contributed by atoms with E-state index in [1.807, 2.05) is 80.5 Å². The van der Waals surface area contributed by atoms with Crippen molar-refractivity contribution in [3.8, 4) is 11.3 Å². The van der Waals surface area contributed by atoms with E-state index in [0.717, 1.165) is 40.0 Å². The molecule has 1 heterocycles. The van der Waals surface area contributed by atoms with Gasteiger partial charge in [-0.3, -0.25) is 14.6 Å². The minimum absolute atomic E-state index is 0.128. The largest absolute Gasteiger partial charge is 0.378 e. The minimum Gasteiger partial charge on any atom is -0.378 e. The Bertz CT molecular complexity index is 1330. The number of fused-ring (bicyclic) bond motifs is 1. The molecule has 0 bridgehead atoms. The lowest BCUT2D eigenvalue weighted by molar-refractivity contribution is -0.115. The van der Waals surface area contributed by atoms with E-state index in [9.17, 15) is 9.59 Å². The van der Waals surface area contributed by atoms with Crippen LogP contribution in [-0.4, -0.2) is 42.4 Å². The van der Waals surface area contributed by atoms with Crippen molar-refractivity contribution in [3.05, 3.63) is 84.1 Å². The van der Waals surface area contributed by atoms with Crippen molar-refractivity contribution in [1.82, 2.24) is 15.3 Å². The Kier molecular flexibility index (Phi) is 6.82. The topological polar surface area (TPSA) is 87.2 Å². The molecule has 7 heteroatoms. The van der Waals surface area contributed by atoms with Gasteiger partial charge < -0.3 is 15.5 Å². The summed E-state index contributed by atoms with van der Waals surface area (Å²) in [6, 6.07) is 20.8. The van der Waals surface area contributed by atoms with Gasteiger partial charge in [-0.05, 0) is 54.4 Å². The third-order valence-corrected chi connectivity index (χ3v) is 5.56. The minimum atomic E-state index is -0.297. The molecule has 0 aliphatic heterocycles. The third-order valence-electron chi connectivity index (χ3n) is 5.56. The van der Waals surface area contributed by atoms with Crippen LogP contribution in [0.5, 0.6) is 0 Å². The zero-order chi connectivity index (χ0) is 24.1. The van der Waals surface area contributed by atoms with Crippen molar-refractivity contribution >= 4 is 34.2 Å². The number of nitrogens with zero attached hydrogens (tertiary/aromatic N) is 3. The quantitative estimate of drug-likeness (QED) is 0.436. The number of nitrogens with one attached hydrogen (secondary N) is 2. The number of benzene rings is 3. The summed E-state index contributed by atoms with van der Waals surface area (Å²) in [5.41, 5.74) is 6.42. The number of anilines is 2. The first-order valence-corrected chi connectivity index (χ1v) is 11.1. The monoisotopic (exact) mass is 453 g/mol. The second kappa shape index (κ2) is 10.1. The molecular weight excluding hydrogens is 426 g/mol. The van der Waals surface area contributed by atoms with E-state index >= 15 is 0 Å². The predicted octanol–water partition coefficient (Wildman–Crippen LogP) is 4.29. The molecule has 0 atom stereocenters. The Balaban J connectivity index is 1.45. The zero-order valence-corrected chi connectivity index (χ0v) is 19.5. The van der Waals surface area contributed by atoms with Crippen molar-refractivity contribution in [2.75, 3.05) is 30.9 Å². The Labute approximate surface area is 198 Å². The number of aromatic nitrogens is 2. The molecule has 1 aromatic heterocycles. The van der Waals surface area contributed by atoms with Crippen LogP contribution in [0.2, 0.25) is 0 Å². The molecule has 0 spiro atoms. The second-order valence-electron chi connectivity index (χ2n) is 8.14. The first-order chi connectivity index (χ1) is 16.4. The number of aryl methyl sites for hydroxylation is 1. The highest BCUT2D eigenvalue weighted by Gasteiger charge is 2.12. The van der Waals surface area contributed by atoms with E-state index in [0.29, 0.717) is 11.3 Å². The predicted molar refractivity (Wildman–Crippen MR) is 136 cm³/mol. The molecule has 0 aliphatic carbocycles.